The molecule has 1 aliphatic rings. The zero-order valence-electron chi connectivity index (χ0n) is 7.76. The van der Waals surface area contributed by atoms with Gasteiger partial charge in [0.05, 0.1) is 12.7 Å². The van der Waals surface area contributed by atoms with Crippen LogP contribution < -0.4 is 5.32 Å². The lowest BCUT2D eigenvalue weighted by Crippen LogP contribution is -2.02. The molecule has 1 aromatic carbocycles. The van der Waals surface area contributed by atoms with Crippen LogP contribution in [0.4, 0.5) is 5.69 Å². The molecule has 0 unspecified atom stereocenters. The van der Waals surface area contributed by atoms with Crippen molar-refractivity contribution in [2.24, 2.45) is 0 Å². The number of methoxy groups -OCH3 is 1. The van der Waals surface area contributed by atoms with Crippen LogP contribution in [0.25, 0.3) is 0 Å². The molecule has 0 fully saturated rings. The largest absolute Gasteiger partial charge is 0.465 e. The van der Waals surface area contributed by atoms with E-state index in [2.05, 4.69) is 10.1 Å². The standard InChI is InChI=1S/C10H10ClNO2/c1-14-10(13)6-4-8(11)7-2-3-12-9(7)5-6/h4-5,12H,2-3H2,1H3. The molecule has 0 saturated carbocycles. The highest BCUT2D eigenvalue weighted by Gasteiger charge is 2.17. The molecule has 1 heterocycles. The Morgan fingerprint density at radius 3 is 3.07 bits per heavy atom. The smallest absolute Gasteiger partial charge is 0.337 e. The van der Waals surface area contributed by atoms with E-state index in [1.165, 1.54) is 7.11 Å². The van der Waals surface area contributed by atoms with Crippen LogP contribution in [0.3, 0.4) is 0 Å². The van der Waals surface area contributed by atoms with Crippen molar-refractivity contribution in [1.82, 2.24) is 0 Å². The molecule has 14 heavy (non-hydrogen) atoms. The van der Waals surface area contributed by atoms with E-state index in [-0.39, 0.29) is 5.97 Å². The molecule has 74 valence electrons. The van der Waals surface area contributed by atoms with Gasteiger partial charge in [0.25, 0.3) is 0 Å². The Morgan fingerprint density at radius 1 is 1.57 bits per heavy atom. The van der Waals surface area contributed by atoms with Crippen molar-refractivity contribution < 1.29 is 9.53 Å². The first-order valence-electron chi connectivity index (χ1n) is 4.37. The van der Waals surface area contributed by atoms with Crippen LogP contribution in [0.5, 0.6) is 0 Å². The minimum absolute atomic E-state index is 0.358. The summed E-state index contributed by atoms with van der Waals surface area (Å²) in [6, 6.07) is 3.43. The second-order valence-corrected chi connectivity index (χ2v) is 3.56. The molecule has 0 spiro atoms. The number of hydrogen-bond acceptors (Lipinski definition) is 3. The van der Waals surface area contributed by atoms with E-state index in [9.17, 15) is 4.79 Å². The van der Waals surface area contributed by atoms with Gasteiger partial charge in [0.15, 0.2) is 0 Å². The van der Waals surface area contributed by atoms with Gasteiger partial charge >= 0.3 is 5.97 Å². The maximum absolute atomic E-state index is 11.3. The van der Waals surface area contributed by atoms with E-state index in [1.807, 2.05) is 0 Å². The molecular formula is C10H10ClNO2. The molecule has 1 aliphatic heterocycles. The van der Waals surface area contributed by atoms with Crippen molar-refractivity contribution in [3.63, 3.8) is 0 Å². The van der Waals surface area contributed by atoms with Gasteiger partial charge < -0.3 is 10.1 Å². The zero-order valence-corrected chi connectivity index (χ0v) is 8.52. The molecule has 4 heteroatoms. The highest BCUT2D eigenvalue weighted by molar-refractivity contribution is 6.32. The molecule has 3 nitrogen and oxygen atoms in total. The van der Waals surface area contributed by atoms with Gasteiger partial charge in [0, 0.05) is 17.3 Å². The summed E-state index contributed by atoms with van der Waals surface area (Å²) >= 11 is 6.03. The number of fused-ring (bicyclic) bond motifs is 1. The van der Waals surface area contributed by atoms with Crippen molar-refractivity contribution in [3.8, 4) is 0 Å². The molecular weight excluding hydrogens is 202 g/mol. The zero-order chi connectivity index (χ0) is 10.1. The highest BCUT2D eigenvalue weighted by atomic mass is 35.5. The van der Waals surface area contributed by atoms with Crippen LogP contribution in [0, 0.1) is 0 Å². The van der Waals surface area contributed by atoms with E-state index in [0.717, 1.165) is 24.2 Å². The Hall–Kier alpha value is -1.22. The summed E-state index contributed by atoms with van der Waals surface area (Å²) in [5, 5.41) is 3.80. The van der Waals surface area contributed by atoms with Crippen molar-refractivity contribution in [2.75, 3.05) is 19.0 Å². The van der Waals surface area contributed by atoms with E-state index in [1.54, 1.807) is 12.1 Å². The number of rotatable bonds is 1. The van der Waals surface area contributed by atoms with Gasteiger partial charge in [-0.1, -0.05) is 11.6 Å². The predicted octanol–water partition coefficient (Wildman–Crippen LogP) is 2.09. The van der Waals surface area contributed by atoms with Gasteiger partial charge in [0.1, 0.15) is 0 Å². The highest BCUT2D eigenvalue weighted by Crippen LogP contribution is 2.30. The van der Waals surface area contributed by atoms with Gasteiger partial charge in [-0.15, -0.1) is 0 Å². The quantitative estimate of drug-likeness (QED) is 0.723. The number of carbonyl (C=O) groups is 1. The molecule has 0 saturated heterocycles. The minimum Gasteiger partial charge on any atom is -0.465 e. The second-order valence-electron chi connectivity index (χ2n) is 3.15. The van der Waals surface area contributed by atoms with Gasteiger partial charge in [-0.05, 0) is 24.1 Å². The van der Waals surface area contributed by atoms with Crippen molar-refractivity contribution in [1.29, 1.82) is 0 Å². The Balaban J connectivity index is 2.46. The molecule has 0 aromatic heterocycles. The molecule has 0 aliphatic carbocycles. The first kappa shape index (κ1) is 9.34. The maximum Gasteiger partial charge on any atom is 0.337 e. The minimum atomic E-state index is -0.358. The number of carbonyl (C=O) groups excluding carboxylic acids is 1. The monoisotopic (exact) mass is 211 g/mol. The molecule has 1 aromatic rings. The predicted molar refractivity (Wildman–Crippen MR) is 55.0 cm³/mol. The number of hydrogen-bond donors (Lipinski definition) is 1. The van der Waals surface area contributed by atoms with E-state index in [4.69, 9.17) is 11.6 Å². The number of ether oxygens (including phenoxy) is 1. The van der Waals surface area contributed by atoms with Gasteiger partial charge in [-0.25, -0.2) is 4.79 Å². The Labute approximate surface area is 87.0 Å². The lowest BCUT2D eigenvalue weighted by molar-refractivity contribution is 0.0601. The van der Waals surface area contributed by atoms with Gasteiger partial charge in [-0.3, -0.25) is 0 Å². The lowest BCUT2D eigenvalue weighted by atomic mass is 10.1. The summed E-state index contributed by atoms with van der Waals surface area (Å²) in [6.45, 7) is 0.875. The lowest BCUT2D eigenvalue weighted by Gasteiger charge is -2.05. The SMILES string of the molecule is COC(=O)c1cc(Cl)c2c(c1)NCC2. The number of anilines is 1. The number of nitrogens with one attached hydrogen (secondary N) is 1. The molecule has 0 amide bonds. The van der Waals surface area contributed by atoms with Crippen LogP contribution >= 0.6 is 11.6 Å². The topological polar surface area (TPSA) is 38.3 Å². The Bertz CT molecular complexity index is 390. The second kappa shape index (κ2) is 3.50. The number of benzene rings is 1. The third kappa shape index (κ3) is 1.44. The Morgan fingerprint density at radius 2 is 2.36 bits per heavy atom. The van der Waals surface area contributed by atoms with Gasteiger partial charge in [0.2, 0.25) is 0 Å². The normalized spacial score (nSPS) is 13.3. The third-order valence-electron chi connectivity index (χ3n) is 2.31. The van der Waals surface area contributed by atoms with Crippen LogP contribution in [0.15, 0.2) is 12.1 Å². The van der Waals surface area contributed by atoms with E-state index >= 15 is 0 Å². The fourth-order valence-corrected chi connectivity index (χ4v) is 1.92. The maximum atomic E-state index is 11.3. The Kier molecular flexibility index (Phi) is 2.33. The average Bonchev–Trinajstić information content (AvgIpc) is 2.64. The number of halogens is 1. The van der Waals surface area contributed by atoms with Crippen molar-refractivity contribution >= 4 is 23.3 Å². The summed E-state index contributed by atoms with van der Waals surface area (Å²) in [5.41, 5.74) is 2.52. The van der Waals surface area contributed by atoms with Crippen LogP contribution in [-0.4, -0.2) is 19.6 Å². The van der Waals surface area contributed by atoms with Crippen LogP contribution in [0.1, 0.15) is 15.9 Å². The molecule has 0 atom stereocenters. The summed E-state index contributed by atoms with van der Waals surface area (Å²) in [4.78, 5) is 11.3. The molecule has 1 N–H and O–H groups in total. The summed E-state index contributed by atoms with van der Waals surface area (Å²) in [7, 11) is 1.36. The molecule has 0 bridgehead atoms. The van der Waals surface area contributed by atoms with Crippen LogP contribution in [0.2, 0.25) is 5.02 Å². The average molecular weight is 212 g/mol. The first-order valence-corrected chi connectivity index (χ1v) is 4.75. The van der Waals surface area contributed by atoms with E-state index in [0.29, 0.717) is 10.6 Å². The molecule has 0 radical (unpaired) electrons. The van der Waals surface area contributed by atoms with Gasteiger partial charge in [-0.2, -0.15) is 0 Å². The summed E-state index contributed by atoms with van der Waals surface area (Å²) in [5.74, 6) is -0.358. The van der Waals surface area contributed by atoms with Crippen molar-refractivity contribution in [2.45, 2.75) is 6.42 Å². The van der Waals surface area contributed by atoms with Crippen LogP contribution in [-0.2, 0) is 11.2 Å². The number of esters is 1. The van der Waals surface area contributed by atoms with E-state index < -0.39 is 0 Å². The fourth-order valence-electron chi connectivity index (χ4n) is 1.61. The van der Waals surface area contributed by atoms with Crippen molar-refractivity contribution in [3.05, 3.63) is 28.3 Å². The third-order valence-corrected chi connectivity index (χ3v) is 2.64. The fraction of sp³-hybridized carbons (Fsp3) is 0.300. The summed E-state index contributed by atoms with van der Waals surface area (Å²) < 4.78 is 4.63. The molecule has 2 rings (SSSR count). The summed E-state index contributed by atoms with van der Waals surface area (Å²) in [6.07, 6.45) is 0.912. The first-order chi connectivity index (χ1) is 6.72.